The largest absolute Gasteiger partial charge is 0.379 e. The van der Waals surface area contributed by atoms with E-state index in [-0.39, 0.29) is 12.5 Å². The highest BCUT2D eigenvalue weighted by Crippen LogP contribution is 2.09. The van der Waals surface area contributed by atoms with E-state index in [0.29, 0.717) is 11.6 Å². The molecule has 0 atom stereocenters. The number of carbonyl (C=O) groups is 1. The van der Waals surface area contributed by atoms with Crippen molar-refractivity contribution in [1.29, 1.82) is 0 Å². The van der Waals surface area contributed by atoms with E-state index in [1.807, 2.05) is 19.1 Å². The molecular formula is C19H27N5O2. The number of ether oxygens (including phenoxy) is 1. The third-order valence-corrected chi connectivity index (χ3v) is 3.86. The SMILES string of the molecule is C#Cc1cccc(NC(=O)CN=C(NCC)NCCN2CCOCC2)c1. The van der Waals surface area contributed by atoms with Gasteiger partial charge in [-0.25, -0.2) is 4.99 Å². The van der Waals surface area contributed by atoms with Crippen LogP contribution in [0.15, 0.2) is 29.3 Å². The zero-order valence-electron chi connectivity index (χ0n) is 15.3. The average Bonchev–Trinajstić information content (AvgIpc) is 2.67. The van der Waals surface area contributed by atoms with Gasteiger partial charge in [0, 0.05) is 44.0 Å². The molecule has 1 fully saturated rings. The summed E-state index contributed by atoms with van der Waals surface area (Å²) in [5, 5.41) is 9.20. The van der Waals surface area contributed by atoms with Gasteiger partial charge in [-0.05, 0) is 25.1 Å². The fraction of sp³-hybridized carbons (Fsp3) is 0.474. The Hall–Kier alpha value is -2.56. The molecule has 1 aliphatic heterocycles. The molecule has 0 saturated carbocycles. The number of morpholine rings is 1. The molecule has 1 aromatic carbocycles. The molecule has 0 radical (unpaired) electrons. The Morgan fingerprint density at radius 1 is 1.35 bits per heavy atom. The molecule has 0 aliphatic carbocycles. The van der Waals surface area contributed by atoms with Gasteiger partial charge in [0.15, 0.2) is 5.96 Å². The second-order valence-corrected chi connectivity index (χ2v) is 5.85. The highest BCUT2D eigenvalue weighted by molar-refractivity contribution is 5.94. The summed E-state index contributed by atoms with van der Waals surface area (Å²) in [4.78, 5) is 18.8. The molecule has 140 valence electrons. The number of amides is 1. The molecule has 0 bridgehead atoms. The first kappa shape index (κ1) is 19.8. The lowest BCUT2D eigenvalue weighted by molar-refractivity contribution is -0.114. The van der Waals surface area contributed by atoms with Crippen molar-refractivity contribution in [3.05, 3.63) is 29.8 Å². The minimum atomic E-state index is -0.190. The number of anilines is 1. The Kier molecular flexibility index (Phi) is 8.46. The third-order valence-electron chi connectivity index (χ3n) is 3.86. The Bertz CT molecular complexity index is 648. The molecule has 1 aromatic rings. The molecule has 0 aromatic heterocycles. The van der Waals surface area contributed by atoms with Crippen molar-refractivity contribution in [2.45, 2.75) is 6.92 Å². The van der Waals surface area contributed by atoms with Crippen LogP contribution in [0.2, 0.25) is 0 Å². The third kappa shape index (κ3) is 7.13. The molecule has 1 aliphatic rings. The summed E-state index contributed by atoms with van der Waals surface area (Å²) in [6.07, 6.45) is 5.37. The smallest absolute Gasteiger partial charge is 0.246 e. The van der Waals surface area contributed by atoms with Gasteiger partial charge in [0.05, 0.1) is 13.2 Å². The van der Waals surface area contributed by atoms with Gasteiger partial charge in [-0.1, -0.05) is 12.0 Å². The van der Waals surface area contributed by atoms with Crippen LogP contribution in [0, 0.1) is 12.3 Å². The van der Waals surface area contributed by atoms with Crippen molar-refractivity contribution in [3.8, 4) is 12.3 Å². The number of nitrogens with zero attached hydrogens (tertiary/aromatic N) is 2. The van der Waals surface area contributed by atoms with Crippen LogP contribution in [-0.4, -0.2) is 69.2 Å². The van der Waals surface area contributed by atoms with Gasteiger partial charge in [0.25, 0.3) is 0 Å². The summed E-state index contributed by atoms with van der Waals surface area (Å²) in [6.45, 7) is 7.91. The van der Waals surface area contributed by atoms with E-state index >= 15 is 0 Å². The fourth-order valence-corrected chi connectivity index (χ4v) is 2.54. The zero-order valence-corrected chi connectivity index (χ0v) is 15.3. The normalized spacial score (nSPS) is 15.2. The number of hydrogen-bond donors (Lipinski definition) is 3. The molecule has 1 saturated heterocycles. The van der Waals surface area contributed by atoms with E-state index < -0.39 is 0 Å². The van der Waals surface area contributed by atoms with Gasteiger partial charge in [0.1, 0.15) is 6.54 Å². The number of benzene rings is 1. The number of rotatable bonds is 7. The van der Waals surface area contributed by atoms with Crippen LogP contribution in [0.1, 0.15) is 12.5 Å². The van der Waals surface area contributed by atoms with Gasteiger partial charge >= 0.3 is 0 Å². The molecule has 26 heavy (non-hydrogen) atoms. The number of guanidine groups is 1. The Balaban J connectivity index is 1.78. The van der Waals surface area contributed by atoms with Gasteiger partial charge < -0.3 is 20.7 Å². The Morgan fingerprint density at radius 3 is 2.88 bits per heavy atom. The van der Waals surface area contributed by atoms with Crippen molar-refractivity contribution >= 4 is 17.6 Å². The maximum absolute atomic E-state index is 12.1. The minimum Gasteiger partial charge on any atom is -0.379 e. The number of terminal acetylenes is 1. The number of hydrogen-bond acceptors (Lipinski definition) is 4. The van der Waals surface area contributed by atoms with E-state index in [0.717, 1.165) is 51.5 Å². The van der Waals surface area contributed by atoms with Crippen LogP contribution in [0.3, 0.4) is 0 Å². The summed E-state index contributed by atoms with van der Waals surface area (Å²) in [5.41, 5.74) is 1.40. The molecule has 2 rings (SSSR count). The number of aliphatic imine (C=N–C) groups is 1. The maximum Gasteiger partial charge on any atom is 0.246 e. The lowest BCUT2D eigenvalue weighted by atomic mass is 10.2. The van der Waals surface area contributed by atoms with Crippen molar-refractivity contribution in [2.75, 3.05) is 57.8 Å². The van der Waals surface area contributed by atoms with E-state index in [1.54, 1.807) is 12.1 Å². The van der Waals surface area contributed by atoms with Crippen LogP contribution < -0.4 is 16.0 Å². The predicted octanol–water partition coefficient (Wildman–Crippen LogP) is 0.494. The van der Waals surface area contributed by atoms with Crippen LogP contribution in [0.5, 0.6) is 0 Å². The van der Waals surface area contributed by atoms with Crippen molar-refractivity contribution in [1.82, 2.24) is 15.5 Å². The zero-order chi connectivity index (χ0) is 18.6. The van der Waals surface area contributed by atoms with Gasteiger partial charge in [-0.15, -0.1) is 6.42 Å². The molecule has 0 spiro atoms. The number of nitrogens with one attached hydrogen (secondary N) is 3. The summed E-state index contributed by atoms with van der Waals surface area (Å²) < 4.78 is 5.34. The van der Waals surface area contributed by atoms with Gasteiger partial charge in [-0.3, -0.25) is 9.69 Å². The first-order chi connectivity index (χ1) is 12.7. The molecule has 0 unspecified atom stereocenters. The first-order valence-corrected chi connectivity index (χ1v) is 8.90. The van der Waals surface area contributed by atoms with E-state index in [1.165, 1.54) is 0 Å². The lowest BCUT2D eigenvalue weighted by Gasteiger charge is -2.26. The van der Waals surface area contributed by atoms with Crippen LogP contribution in [0.25, 0.3) is 0 Å². The van der Waals surface area contributed by atoms with E-state index in [9.17, 15) is 4.79 Å². The topological polar surface area (TPSA) is 78.0 Å². The van der Waals surface area contributed by atoms with Crippen molar-refractivity contribution in [3.63, 3.8) is 0 Å². The van der Waals surface area contributed by atoms with Crippen LogP contribution in [0.4, 0.5) is 5.69 Å². The minimum absolute atomic E-state index is 0.0349. The summed E-state index contributed by atoms with van der Waals surface area (Å²) in [6, 6.07) is 7.18. The van der Waals surface area contributed by atoms with Crippen molar-refractivity contribution in [2.24, 2.45) is 4.99 Å². The predicted molar refractivity (Wildman–Crippen MR) is 104 cm³/mol. The summed E-state index contributed by atoms with van der Waals surface area (Å²) >= 11 is 0. The van der Waals surface area contributed by atoms with Gasteiger partial charge in [0.2, 0.25) is 5.91 Å². The van der Waals surface area contributed by atoms with E-state index in [2.05, 4.69) is 31.8 Å². The first-order valence-electron chi connectivity index (χ1n) is 8.90. The quantitative estimate of drug-likeness (QED) is 0.376. The van der Waals surface area contributed by atoms with Crippen molar-refractivity contribution < 1.29 is 9.53 Å². The van der Waals surface area contributed by atoms with Gasteiger partial charge in [-0.2, -0.15) is 0 Å². The Labute approximate surface area is 155 Å². The van der Waals surface area contributed by atoms with Crippen LogP contribution in [-0.2, 0) is 9.53 Å². The van der Waals surface area contributed by atoms with E-state index in [4.69, 9.17) is 11.2 Å². The molecule has 7 heteroatoms. The second-order valence-electron chi connectivity index (χ2n) is 5.85. The average molecular weight is 357 g/mol. The summed E-state index contributed by atoms with van der Waals surface area (Å²) in [5.74, 6) is 2.99. The maximum atomic E-state index is 12.1. The summed E-state index contributed by atoms with van der Waals surface area (Å²) in [7, 11) is 0. The monoisotopic (exact) mass is 357 g/mol. The fourth-order valence-electron chi connectivity index (χ4n) is 2.54. The molecule has 1 amide bonds. The second kappa shape index (κ2) is 11.1. The molecular weight excluding hydrogens is 330 g/mol. The molecule has 7 nitrogen and oxygen atoms in total. The highest BCUT2D eigenvalue weighted by Gasteiger charge is 2.10. The standard InChI is InChI=1S/C19H27N5O2/c1-3-16-6-5-7-17(14-16)23-18(25)15-22-19(20-4-2)21-8-9-24-10-12-26-13-11-24/h1,5-7,14H,4,8-13,15H2,2H3,(H,23,25)(H2,20,21,22). The van der Waals surface area contributed by atoms with Crippen LogP contribution >= 0.6 is 0 Å². The number of carbonyl (C=O) groups excluding carboxylic acids is 1. The lowest BCUT2D eigenvalue weighted by Crippen LogP contribution is -2.44. The molecule has 3 N–H and O–H groups in total. The highest BCUT2D eigenvalue weighted by atomic mass is 16.5. The Morgan fingerprint density at radius 2 is 2.15 bits per heavy atom. The molecule has 1 heterocycles.